The summed E-state index contributed by atoms with van der Waals surface area (Å²) in [5.74, 6) is 1.67. The maximum absolute atomic E-state index is 12.3. The first kappa shape index (κ1) is 12.8. The maximum Gasteiger partial charge on any atom is 0.252 e. The van der Waals surface area contributed by atoms with Gasteiger partial charge in [0.2, 0.25) is 0 Å². The molecule has 0 saturated heterocycles. The standard InChI is InChI=1S/C11H14N4O2S2/c1-14(19(16,17)11-5-3-7-18-11)8-10-13-12-9-4-2-6-15(9)10/h3,5,7H,2,4,6,8H2,1H3. The van der Waals surface area contributed by atoms with E-state index in [0.717, 1.165) is 31.0 Å². The van der Waals surface area contributed by atoms with Crippen molar-refractivity contribution in [3.63, 3.8) is 0 Å². The maximum atomic E-state index is 12.3. The van der Waals surface area contributed by atoms with Crippen LogP contribution in [0, 0.1) is 0 Å². The third kappa shape index (κ3) is 2.19. The van der Waals surface area contributed by atoms with Crippen LogP contribution in [-0.2, 0) is 29.5 Å². The van der Waals surface area contributed by atoms with E-state index in [1.807, 2.05) is 4.57 Å². The Hall–Kier alpha value is -1.25. The number of rotatable bonds is 4. The van der Waals surface area contributed by atoms with E-state index >= 15 is 0 Å². The second-order valence-corrected chi connectivity index (χ2v) is 7.70. The lowest BCUT2D eigenvalue weighted by molar-refractivity contribution is 0.448. The van der Waals surface area contributed by atoms with Crippen LogP contribution in [0.3, 0.4) is 0 Å². The van der Waals surface area contributed by atoms with Gasteiger partial charge in [0.25, 0.3) is 10.0 Å². The molecule has 19 heavy (non-hydrogen) atoms. The van der Waals surface area contributed by atoms with Crippen molar-refractivity contribution in [2.75, 3.05) is 7.05 Å². The number of aryl methyl sites for hydroxylation is 1. The Bertz CT molecular complexity index is 676. The second-order valence-electron chi connectivity index (χ2n) is 4.48. The molecule has 0 amide bonds. The Balaban J connectivity index is 1.84. The lowest BCUT2D eigenvalue weighted by Crippen LogP contribution is -2.27. The normalized spacial score (nSPS) is 15.1. The number of aromatic nitrogens is 3. The molecule has 0 N–H and O–H groups in total. The molecule has 0 aliphatic carbocycles. The fraction of sp³-hybridized carbons (Fsp3) is 0.455. The van der Waals surface area contributed by atoms with E-state index < -0.39 is 10.0 Å². The minimum atomic E-state index is -3.42. The monoisotopic (exact) mass is 298 g/mol. The van der Waals surface area contributed by atoms with Gasteiger partial charge in [0.1, 0.15) is 15.9 Å². The second kappa shape index (κ2) is 4.69. The highest BCUT2D eigenvalue weighted by molar-refractivity contribution is 7.91. The van der Waals surface area contributed by atoms with E-state index in [9.17, 15) is 8.42 Å². The van der Waals surface area contributed by atoms with E-state index in [1.54, 1.807) is 24.6 Å². The van der Waals surface area contributed by atoms with Crippen LogP contribution in [-0.4, -0.2) is 34.5 Å². The fourth-order valence-corrected chi connectivity index (χ4v) is 4.50. The zero-order chi connectivity index (χ0) is 13.5. The van der Waals surface area contributed by atoms with Gasteiger partial charge in [-0.1, -0.05) is 6.07 Å². The van der Waals surface area contributed by atoms with Crippen LogP contribution >= 0.6 is 11.3 Å². The van der Waals surface area contributed by atoms with Gasteiger partial charge in [-0.25, -0.2) is 8.42 Å². The van der Waals surface area contributed by atoms with Gasteiger partial charge in [0, 0.05) is 20.0 Å². The van der Waals surface area contributed by atoms with Gasteiger partial charge in [-0.05, 0) is 17.9 Å². The highest BCUT2D eigenvalue weighted by Crippen LogP contribution is 2.22. The summed E-state index contributed by atoms with van der Waals surface area (Å²) < 4.78 is 28.3. The molecule has 3 rings (SSSR count). The molecule has 1 aliphatic heterocycles. The van der Waals surface area contributed by atoms with E-state index in [0.29, 0.717) is 4.21 Å². The van der Waals surface area contributed by atoms with Gasteiger partial charge in [-0.2, -0.15) is 4.31 Å². The highest BCUT2D eigenvalue weighted by Gasteiger charge is 2.25. The van der Waals surface area contributed by atoms with Crippen LogP contribution in [0.5, 0.6) is 0 Å². The zero-order valence-corrected chi connectivity index (χ0v) is 12.1. The van der Waals surface area contributed by atoms with E-state index in [-0.39, 0.29) is 6.54 Å². The quantitative estimate of drug-likeness (QED) is 0.848. The van der Waals surface area contributed by atoms with Crippen molar-refractivity contribution in [3.05, 3.63) is 29.2 Å². The number of thiophene rings is 1. The molecule has 0 bridgehead atoms. The summed E-state index contributed by atoms with van der Waals surface area (Å²) in [6.45, 7) is 1.14. The van der Waals surface area contributed by atoms with Gasteiger partial charge in [-0.15, -0.1) is 21.5 Å². The summed E-state index contributed by atoms with van der Waals surface area (Å²) in [4.78, 5) is 0. The molecule has 2 aromatic heterocycles. The number of fused-ring (bicyclic) bond motifs is 1. The summed E-state index contributed by atoms with van der Waals surface area (Å²) in [6, 6.07) is 3.35. The Morgan fingerprint density at radius 3 is 3.05 bits per heavy atom. The van der Waals surface area contributed by atoms with Gasteiger partial charge >= 0.3 is 0 Å². The van der Waals surface area contributed by atoms with Crippen LogP contribution in [0.25, 0.3) is 0 Å². The molecule has 0 unspecified atom stereocenters. The first-order valence-electron chi connectivity index (χ1n) is 6.00. The summed E-state index contributed by atoms with van der Waals surface area (Å²) in [5, 5.41) is 9.93. The number of hydrogen-bond donors (Lipinski definition) is 0. The first-order chi connectivity index (χ1) is 9.09. The Kier molecular flexibility index (Phi) is 3.15. The lowest BCUT2D eigenvalue weighted by atomic mass is 10.4. The molecule has 0 radical (unpaired) electrons. The highest BCUT2D eigenvalue weighted by atomic mass is 32.2. The van der Waals surface area contributed by atoms with Crippen molar-refractivity contribution in [1.29, 1.82) is 0 Å². The molecule has 0 spiro atoms. The minimum Gasteiger partial charge on any atom is -0.314 e. The third-order valence-corrected chi connectivity index (χ3v) is 6.39. The topological polar surface area (TPSA) is 68.1 Å². The van der Waals surface area contributed by atoms with Crippen LogP contribution in [0.15, 0.2) is 21.7 Å². The van der Waals surface area contributed by atoms with Crippen molar-refractivity contribution >= 4 is 21.4 Å². The minimum absolute atomic E-state index is 0.257. The summed E-state index contributed by atoms with van der Waals surface area (Å²) >= 11 is 1.22. The molecule has 1 aliphatic rings. The SMILES string of the molecule is CN(Cc1nnc2n1CCC2)S(=O)(=O)c1cccs1. The molecule has 0 fully saturated rings. The average molecular weight is 298 g/mol. The van der Waals surface area contributed by atoms with Crippen LogP contribution < -0.4 is 0 Å². The van der Waals surface area contributed by atoms with Gasteiger partial charge < -0.3 is 4.57 Å². The summed E-state index contributed by atoms with van der Waals surface area (Å²) in [6.07, 6.45) is 1.98. The summed E-state index contributed by atoms with van der Waals surface area (Å²) in [7, 11) is -1.84. The van der Waals surface area contributed by atoms with Crippen LogP contribution in [0.1, 0.15) is 18.1 Å². The van der Waals surface area contributed by atoms with Crippen molar-refractivity contribution in [2.24, 2.45) is 0 Å². The molecular weight excluding hydrogens is 284 g/mol. The Morgan fingerprint density at radius 1 is 1.47 bits per heavy atom. The number of sulfonamides is 1. The largest absolute Gasteiger partial charge is 0.314 e. The van der Waals surface area contributed by atoms with Gasteiger partial charge in [0.05, 0.1) is 6.54 Å². The van der Waals surface area contributed by atoms with Crippen molar-refractivity contribution in [2.45, 2.75) is 30.1 Å². The van der Waals surface area contributed by atoms with E-state index in [2.05, 4.69) is 10.2 Å². The van der Waals surface area contributed by atoms with E-state index in [1.165, 1.54) is 15.6 Å². The van der Waals surface area contributed by atoms with Crippen molar-refractivity contribution in [1.82, 2.24) is 19.1 Å². The molecule has 2 aromatic rings. The van der Waals surface area contributed by atoms with Crippen LogP contribution in [0.2, 0.25) is 0 Å². The smallest absolute Gasteiger partial charge is 0.252 e. The van der Waals surface area contributed by atoms with E-state index in [4.69, 9.17) is 0 Å². The third-order valence-electron chi connectivity index (χ3n) is 3.21. The molecule has 6 nitrogen and oxygen atoms in total. The number of hydrogen-bond acceptors (Lipinski definition) is 5. The van der Waals surface area contributed by atoms with Gasteiger partial charge in [0.15, 0.2) is 0 Å². The predicted molar refractivity (Wildman–Crippen MR) is 71.3 cm³/mol. The zero-order valence-electron chi connectivity index (χ0n) is 10.5. The lowest BCUT2D eigenvalue weighted by Gasteiger charge is -2.15. The predicted octanol–water partition coefficient (Wildman–Crippen LogP) is 1.11. The number of nitrogens with zero attached hydrogens (tertiary/aromatic N) is 4. The molecule has 0 aromatic carbocycles. The Morgan fingerprint density at radius 2 is 2.32 bits per heavy atom. The molecule has 8 heteroatoms. The molecular formula is C11H14N4O2S2. The van der Waals surface area contributed by atoms with Crippen molar-refractivity contribution < 1.29 is 8.42 Å². The fourth-order valence-electron chi connectivity index (χ4n) is 2.18. The van der Waals surface area contributed by atoms with Crippen molar-refractivity contribution in [3.8, 4) is 0 Å². The van der Waals surface area contributed by atoms with Gasteiger partial charge in [-0.3, -0.25) is 0 Å². The Labute approximate surface area is 115 Å². The average Bonchev–Trinajstić information content (AvgIpc) is 3.07. The molecule has 3 heterocycles. The molecule has 0 atom stereocenters. The molecule has 0 saturated carbocycles. The van der Waals surface area contributed by atoms with Crippen LogP contribution in [0.4, 0.5) is 0 Å². The summed E-state index contributed by atoms with van der Waals surface area (Å²) in [5.41, 5.74) is 0. The molecule has 102 valence electrons. The first-order valence-corrected chi connectivity index (χ1v) is 8.32.